The minimum Gasteiger partial charge on any atom is -0.480 e. The van der Waals surface area contributed by atoms with Crippen molar-refractivity contribution >= 4 is 18.0 Å². The summed E-state index contributed by atoms with van der Waals surface area (Å²) in [6.45, 7) is 0.500. The Morgan fingerprint density at radius 2 is 1.54 bits per heavy atom. The first-order chi connectivity index (χ1) is 16.8. The number of fused-ring (bicyclic) bond motifs is 3. The van der Waals surface area contributed by atoms with Crippen molar-refractivity contribution in [1.29, 1.82) is 0 Å². The van der Waals surface area contributed by atoms with E-state index in [-0.39, 0.29) is 36.9 Å². The van der Waals surface area contributed by atoms with E-state index in [4.69, 9.17) is 4.74 Å². The number of nitrogens with zero attached hydrogens (tertiary/aromatic N) is 1. The molecule has 0 spiro atoms. The van der Waals surface area contributed by atoms with Crippen molar-refractivity contribution in [1.82, 2.24) is 15.5 Å². The monoisotopic (exact) mass is 479 g/mol. The van der Waals surface area contributed by atoms with Gasteiger partial charge in [0, 0.05) is 24.4 Å². The predicted molar refractivity (Wildman–Crippen MR) is 132 cm³/mol. The van der Waals surface area contributed by atoms with Crippen LogP contribution < -0.4 is 10.6 Å². The predicted octanol–water partition coefficient (Wildman–Crippen LogP) is 3.21. The van der Waals surface area contributed by atoms with Gasteiger partial charge < -0.3 is 25.4 Å². The molecule has 3 N–H and O–H groups in total. The Bertz CT molecular complexity index is 1030. The molecule has 8 heteroatoms. The number of amides is 2. The molecule has 0 radical (unpaired) electrons. The van der Waals surface area contributed by atoms with Crippen LogP contribution in [-0.2, 0) is 14.3 Å². The van der Waals surface area contributed by atoms with Crippen LogP contribution in [-0.4, -0.2) is 67.3 Å². The highest BCUT2D eigenvalue weighted by atomic mass is 16.5. The van der Waals surface area contributed by atoms with E-state index in [9.17, 15) is 19.5 Å². The van der Waals surface area contributed by atoms with Crippen LogP contribution in [0.4, 0.5) is 4.79 Å². The lowest BCUT2D eigenvalue weighted by Gasteiger charge is -2.29. The van der Waals surface area contributed by atoms with Gasteiger partial charge in [-0.2, -0.15) is 0 Å². The molecule has 2 aromatic carbocycles. The molecule has 35 heavy (non-hydrogen) atoms. The third-order valence-electron chi connectivity index (χ3n) is 6.93. The lowest BCUT2D eigenvalue weighted by atomic mass is 9.85. The topological polar surface area (TPSA) is 108 Å². The van der Waals surface area contributed by atoms with Gasteiger partial charge in [0.05, 0.1) is 0 Å². The van der Waals surface area contributed by atoms with Crippen molar-refractivity contribution in [3.05, 3.63) is 59.7 Å². The van der Waals surface area contributed by atoms with Crippen LogP contribution in [0.5, 0.6) is 0 Å². The molecule has 2 amide bonds. The van der Waals surface area contributed by atoms with Crippen LogP contribution >= 0.6 is 0 Å². The minimum atomic E-state index is -1.04. The highest BCUT2D eigenvalue weighted by molar-refractivity contribution is 5.85. The summed E-state index contributed by atoms with van der Waals surface area (Å²) in [5, 5.41) is 14.9. The van der Waals surface area contributed by atoms with Gasteiger partial charge in [0.2, 0.25) is 5.91 Å². The van der Waals surface area contributed by atoms with E-state index >= 15 is 0 Å². The molecule has 2 aliphatic carbocycles. The highest BCUT2D eigenvalue weighted by Gasteiger charge is 2.32. The summed E-state index contributed by atoms with van der Waals surface area (Å²) in [4.78, 5) is 38.3. The van der Waals surface area contributed by atoms with E-state index in [0.29, 0.717) is 25.7 Å². The number of ether oxygens (including phenoxy) is 1. The lowest BCUT2D eigenvalue weighted by Crippen LogP contribution is -2.49. The number of nitrogens with one attached hydrogen (secondary N) is 2. The molecule has 0 saturated heterocycles. The maximum absolute atomic E-state index is 12.6. The molecule has 1 atom stereocenters. The van der Waals surface area contributed by atoms with Gasteiger partial charge in [-0.1, -0.05) is 48.5 Å². The van der Waals surface area contributed by atoms with Gasteiger partial charge >= 0.3 is 12.1 Å². The molecule has 2 aromatic rings. The SMILES string of the molecule is CN(C)C[C@H](NC(=O)C1CCC(NC(=O)OCC2c3ccccc3-c3ccccc32)CC1)C(=O)O. The molecule has 0 aliphatic heterocycles. The maximum atomic E-state index is 12.6. The smallest absolute Gasteiger partial charge is 0.407 e. The van der Waals surface area contributed by atoms with Gasteiger partial charge in [0.1, 0.15) is 12.6 Å². The second-order valence-electron chi connectivity index (χ2n) is 9.68. The highest BCUT2D eigenvalue weighted by Crippen LogP contribution is 2.44. The minimum absolute atomic E-state index is 0.0110. The largest absolute Gasteiger partial charge is 0.480 e. The van der Waals surface area contributed by atoms with Crippen LogP contribution in [0.15, 0.2) is 48.5 Å². The fraction of sp³-hybridized carbons (Fsp3) is 0.444. The molecule has 1 fully saturated rings. The molecular formula is C27H33N3O5. The standard InChI is InChI=1S/C27H33N3O5/c1-30(2)15-24(26(32)33)29-25(31)17-11-13-18(14-12-17)28-27(34)35-16-23-21-9-5-3-7-19(21)20-8-4-6-10-22(20)23/h3-10,17-18,23-24H,11-16H2,1-2H3,(H,28,34)(H,29,31)(H,32,33)/t17?,18?,24-/m0/s1. The number of hydrogen-bond donors (Lipinski definition) is 3. The summed E-state index contributed by atoms with van der Waals surface area (Å²) in [5.41, 5.74) is 4.71. The summed E-state index contributed by atoms with van der Waals surface area (Å²) < 4.78 is 5.63. The molecule has 1 saturated carbocycles. The summed E-state index contributed by atoms with van der Waals surface area (Å²) in [5.74, 6) is -1.52. The molecule has 4 rings (SSSR count). The molecule has 0 bridgehead atoms. The fourth-order valence-corrected chi connectivity index (χ4v) is 5.15. The molecule has 0 heterocycles. The Balaban J connectivity index is 1.25. The quantitative estimate of drug-likeness (QED) is 0.537. The third-order valence-corrected chi connectivity index (χ3v) is 6.93. The summed E-state index contributed by atoms with van der Waals surface area (Å²) in [6.07, 6.45) is 2.03. The van der Waals surface area contributed by atoms with Crippen molar-refractivity contribution < 1.29 is 24.2 Å². The fourth-order valence-electron chi connectivity index (χ4n) is 5.15. The maximum Gasteiger partial charge on any atom is 0.407 e. The van der Waals surface area contributed by atoms with Crippen molar-refractivity contribution in [2.45, 2.75) is 43.7 Å². The van der Waals surface area contributed by atoms with E-state index in [1.54, 1.807) is 19.0 Å². The average molecular weight is 480 g/mol. The van der Waals surface area contributed by atoms with Crippen LogP contribution in [0.1, 0.15) is 42.7 Å². The van der Waals surface area contributed by atoms with Gasteiger partial charge in [-0.25, -0.2) is 9.59 Å². The number of benzene rings is 2. The number of alkyl carbamates (subject to hydrolysis) is 1. The van der Waals surface area contributed by atoms with Crippen molar-refractivity contribution in [3.8, 4) is 11.1 Å². The number of carboxylic acid groups (broad SMARTS) is 1. The number of carbonyl (C=O) groups is 3. The van der Waals surface area contributed by atoms with Crippen molar-refractivity contribution in [2.75, 3.05) is 27.2 Å². The normalized spacial score (nSPS) is 20.0. The van der Waals surface area contributed by atoms with Gasteiger partial charge in [-0.3, -0.25) is 4.79 Å². The van der Waals surface area contributed by atoms with Crippen LogP contribution in [0.3, 0.4) is 0 Å². The van der Waals surface area contributed by atoms with Gasteiger partial charge in [0.25, 0.3) is 0 Å². The first-order valence-corrected chi connectivity index (χ1v) is 12.1. The van der Waals surface area contributed by atoms with Crippen LogP contribution in [0.2, 0.25) is 0 Å². The van der Waals surface area contributed by atoms with E-state index in [1.165, 1.54) is 22.3 Å². The van der Waals surface area contributed by atoms with E-state index in [1.807, 2.05) is 24.3 Å². The molecule has 0 aromatic heterocycles. The number of likely N-dealkylation sites (N-methyl/N-ethyl adjacent to an activating group) is 1. The molecule has 8 nitrogen and oxygen atoms in total. The zero-order chi connectivity index (χ0) is 24.9. The van der Waals surface area contributed by atoms with Crippen LogP contribution in [0, 0.1) is 5.92 Å². The third kappa shape index (κ3) is 5.82. The van der Waals surface area contributed by atoms with Crippen molar-refractivity contribution in [3.63, 3.8) is 0 Å². The Hall–Kier alpha value is -3.39. The summed E-state index contributed by atoms with van der Waals surface area (Å²) in [6, 6.07) is 15.4. The van der Waals surface area contributed by atoms with E-state index in [2.05, 4.69) is 34.9 Å². The van der Waals surface area contributed by atoms with Crippen molar-refractivity contribution in [2.24, 2.45) is 5.92 Å². The first kappa shape index (κ1) is 24.7. The summed E-state index contributed by atoms with van der Waals surface area (Å²) in [7, 11) is 3.53. The molecule has 186 valence electrons. The van der Waals surface area contributed by atoms with E-state index < -0.39 is 18.1 Å². The van der Waals surface area contributed by atoms with Crippen LogP contribution in [0.25, 0.3) is 11.1 Å². The second kappa shape index (κ2) is 10.9. The number of carboxylic acids is 1. The number of rotatable bonds is 8. The Kier molecular flexibility index (Phi) is 7.70. The zero-order valence-electron chi connectivity index (χ0n) is 20.2. The first-order valence-electron chi connectivity index (χ1n) is 12.1. The lowest BCUT2D eigenvalue weighted by molar-refractivity contribution is -0.143. The average Bonchev–Trinajstić information content (AvgIpc) is 3.16. The Morgan fingerprint density at radius 3 is 2.09 bits per heavy atom. The molecule has 0 unspecified atom stereocenters. The molecule has 2 aliphatic rings. The summed E-state index contributed by atoms with van der Waals surface area (Å²) >= 11 is 0. The number of hydrogen-bond acceptors (Lipinski definition) is 5. The number of aliphatic carboxylic acids is 1. The Morgan fingerprint density at radius 1 is 0.971 bits per heavy atom. The number of carbonyl (C=O) groups excluding carboxylic acids is 2. The van der Waals surface area contributed by atoms with E-state index in [0.717, 1.165) is 0 Å². The van der Waals surface area contributed by atoms with Gasteiger partial charge in [-0.15, -0.1) is 0 Å². The molecular weight excluding hydrogens is 446 g/mol. The zero-order valence-corrected chi connectivity index (χ0v) is 20.2. The second-order valence-corrected chi connectivity index (χ2v) is 9.68. The Labute approximate surface area is 205 Å². The van der Waals surface area contributed by atoms with Gasteiger partial charge in [0.15, 0.2) is 0 Å². The van der Waals surface area contributed by atoms with Gasteiger partial charge in [-0.05, 0) is 62.0 Å².